The molecule has 0 spiro atoms. The third-order valence-corrected chi connectivity index (χ3v) is 6.29. The zero-order valence-electron chi connectivity index (χ0n) is 20.5. The van der Waals surface area contributed by atoms with Crippen molar-refractivity contribution < 1.29 is 9.50 Å². The van der Waals surface area contributed by atoms with E-state index in [1.165, 1.54) is 17.8 Å². The molecule has 1 aromatic carbocycles. The van der Waals surface area contributed by atoms with E-state index in [0.717, 1.165) is 48.1 Å². The summed E-state index contributed by atoms with van der Waals surface area (Å²) in [7, 11) is 0. The first-order chi connectivity index (χ1) is 14.9. The summed E-state index contributed by atoms with van der Waals surface area (Å²) in [5, 5.41) is 11.4. The lowest BCUT2D eigenvalue weighted by Gasteiger charge is -2.31. The Kier molecular flexibility index (Phi) is 7.09. The molecule has 1 heterocycles. The second-order valence-electron chi connectivity index (χ2n) is 11.1. The van der Waals surface area contributed by atoms with Crippen LogP contribution in [-0.2, 0) is 5.60 Å². The number of aryl methyl sites for hydroxylation is 1. The molecule has 0 amide bonds. The van der Waals surface area contributed by atoms with E-state index in [-0.39, 0.29) is 11.2 Å². The summed E-state index contributed by atoms with van der Waals surface area (Å²) in [6.45, 7) is 13.0. The minimum absolute atomic E-state index is 0.0267. The predicted octanol–water partition coefficient (Wildman–Crippen LogP) is 7.90. The molecule has 1 N–H and O–H groups in total. The maximum atomic E-state index is 13.2. The Labute approximate surface area is 193 Å². The van der Waals surface area contributed by atoms with Gasteiger partial charge in [-0.05, 0) is 87.6 Å². The van der Waals surface area contributed by atoms with Crippen LogP contribution in [0.5, 0.6) is 0 Å². The molecule has 3 heteroatoms. The van der Waals surface area contributed by atoms with Gasteiger partial charge in [0.15, 0.2) is 0 Å². The molecule has 2 nitrogen and oxygen atoms in total. The lowest BCUT2D eigenvalue weighted by atomic mass is 9.78. The van der Waals surface area contributed by atoms with Crippen LogP contribution in [0.25, 0.3) is 11.3 Å². The van der Waals surface area contributed by atoms with Crippen LogP contribution in [-0.4, -0.2) is 10.1 Å². The van der Waals surface area contributed by atoms with Gasteiger partial charge in [0, 0.05) is 11.0 Å². The Balaban J connectivity index is 1.61. The molecule has 1 aromatic heterocycles. The van der Waals surface area contributed by atoms with E-state index < -0.39 is 5.60 Å². The quantitative estimate of drug-likeness (QED) is 0.321. The van der Waals surface area contributed by atoms with Crippen LogP contribution in [0.1, 0.15) is 77.8 Å². The van der Waals surface area contributed by atoms with Crippen molar-refractivity contribution in [1.29, 1.82) is 0 Å². The maximum absolute atomic E-state index is 13.2. The van der Waals surface area contributed by atoms with Gasteiger partial charge >= 0.3 is 0 Å². The second-order valence-corrected chi connectivity index (χ2v) is 11.1. The van der Waals surface area contributed by atoms with Gasteiger partial charge in [-0.2, -0.15) is 0 Å². The molecular weight excluding hydrogens is 397 g/mol. The lowest BCUT2D eigenvalue weighted by Crippen LogP contribution is -2.27. The highest BCUT2D eigenvalue weighted by Gasteiger charge is 2.41. The Morgan fingerprint density at radius 3 is 2.41 bits per heavy atom. The smallest absolute Gasteiger partial charge is 0.141 e. The number of nitrogens with zero attached hydrogens (tertiary/aromatic N) is 1. The first-order valence-electron chi connectivity index (χ1n) is 11.7. The molecule has 0 saturated heterocycles. The fraction of sp³-hybridized carbons (Fsp3) is 0.483. The van der Waals surface area contributed by atoms with Gasteiger partial charge in [0.05, 0.1) is 17.5 Å². The van der Waals surface area contributed by atoms with Crippen molar-refractivity contribution in [3.63, 3.8) is 0 Å². The summed E-state index contributed by atoms with van der Waals surface area (Å²) in [6.07, 6.45) is 13.2. The van der Waals surface area contributed by atoms with Crippen molar-refractivity contribution in [3.8, 4) is 11.3 Å². The lowest BCUT2D eigenvalue weighted by molar-refractivity contribution is 0.0273. The molecule has 0 radical (unpaired) electrons. The van der Waals surface area contributed by atoms with Crippen LogP contribution in [0.15, 0.2) is 60.3 Å². The Hall–Kier alpha value is -2.26. The number of rotatable bonds is 9. The van der Waals surface area contributed by atoms with Gasteiger partial charge in [-0.25, -0.2) is 4.39 Å². The Morgan fingerprint density at radius 2 is 1.84 bits per heavy atom. The largest absolute Gasteiger partial charge is 0.385 e. The SMILES string of the molecule is C/C(=C\CCCC1(CC(C)(O)c2ccc(-c3ccc(F)cn3)cc2C)C=C1)CC(C)(C)C. The molecule has 1 aliphatic carbocycles. The summed E-state index contributed by atoms with van der Waals surface area (Å²) in [5.41, 5.74) is 4.54. The summed E-state index contributed by atoms with van der Waals surface area (Å²) in [5.74, 6) is -0.341. The number of aliphatic hydroxyl groups is 1. The first-order valence-corrected chi connectivity index (χ1v) is 11.7. The predicted molar refractivity (Wildman–Crippen MR) is 132 cm³/mol. The zero-order valence-corrected chi connectivity index (χ0v) is 20.5. The fourth-order valence-corrected chi connectivity index (χ4v) is 4.89. The number of halogens is 1. The van der Waals surface area contributed by atoms with Gasteiger partial charge in [0.1, 0.15) is 5.82 Å². The van der Waals surface area contributed by atoms with Gasteiger partial charge < -0.3 is 5.11 Å². The number of benzene rings is 1. The highest BCUT2D eigenvalue weighted by molar-refractivity contribution is 5.61. The monoisotopic (exact) mass is 435 g/mol. The number of aromatic nitrogens is 1. The molecule has 0 bridgehead atoms. The molecule has 1 atom stereocenters. The average Bonchev–Trinajstić information content (AvgIpc) is 3.43. The summed E-state index contributed by atoms with van der Waals surface area (Å²) in [4.78, 5) is 4.17. The molecule has 172 valence electrons. The van der Waals surface area contributed by atoms with Crippen LogP contribution < -0.4 is 0 Å². The number of hydrogen-bond acceptors (Lipinski definition) is 2. The van der Waals surface area contributed by atoms with Crippen molar-refractivity contribution in [2.75, 3.05) is 0 Å². The summed E-state index contributed by atoms with van der Waals surface area (Å²) < 4.78 is 13.2. The maximum Gasteiger partial charge on any atom is 0.141 e. The Bertz CT molecular complexity index is 987. The number of pyridine rings is 1. The highest BCUT2D eigenvalue weighted by Crippen LogP contribution is 2.49. The normalized spacial score (nSPS) is 17.3. The first kappa shape index (κ1) is 24.4. The van der Waals surface area contributed by atoms with Crippen molar-refractivity contribution >= 4 is 0 Å². The van der Waals surface area contributed by atoms with E-state index in [2.05, 4.69) is 50.9 Å². The molecule has 0 aliphatic heterocycles. The van der Waals surface area contributed by atoms with E-state index in [1.54, 1.807) is 6.07 Å². The van der Waals surface area contributed by atoms with Gasteiger partial charge in [0.25, 0.3) is 0 Å². The fourth-order valence-electron chi connectivity index (χ4n) is 4.89. The Morgan fingerprint density at radius 1 is 1.12 bits per heavy atom. The van der Waals surface area contributed by atoms with E-state index in [1.807, 2.05) is 32.0 Å². The minimum atomic E-state index is -0.916. The van der Waals surface area contributed by atoms with Gasteiger partial charge in [0.2, 0.25) is 0 Å². The molecule has 0 fully saturated rings. The second kappa shape index (κ2) is 9.31. The van der Waals surface area contributed by atoms with E-state index in [9.17, 15) is 9.50 Å². The zero-order chi connectivity index (χ0) is 23.6. The highest BCUT2D eigenvalue weighted by atomic mass is 19.1. The molecule has 1 aliphatic rings. The van der Waals surface area contributed by atoms with Crippen molar-refractivity contribution in [2.45, 2.75) is 79.2 Å². The van der Waals surface area contributed by atoms with E-state index in [4.69, 9.17) is 0 Å². The third kappa shape index (κ3) is 6.62. The number of unbranched alkanes of at least 4 members (excludes halogenated alkanes) is 1. The molecule has 2 aromatic rings. The van der Waals surface area contributed by atoms with Crippen LogP contribution in [0.3, 0.4) is 0 Å². The number of allylic oxidation sites excluding steroid dienone is 4. The van der Waals surface area contributed by atoms with E-state index >= 15 is 0 Å². The third-order valence-electron chi connectivity index (χ3n) is 6.29. The van der Waals surface area contributed by atoms with Crippen molar-refractivity contribution in [3.05, 3.63) is 77.3 Å². The van der Waals surface area contributed by atoms with Crippen LogP contribution >= 0.6 is 0 Å². The standard InChI is InChI=1S/C29H38FNO/c1-21(18-27(3,4)5)9-7-8-14-29(15-16-29)20-28(6,32)25-12-10-23(17-22(25)2)26-13-11-24(30)19-31-26/h9-13,15-17,19,32H,7-8,14,18,20H2,1-6H3/b21-9+. The van der Waals surface area contributed by atoms with Gasteiger partial charge in [-0.1, -0.05) is 56.7 Å². The van der Waals surface area contributed by atoms with Crippen LogP contribution in [0.4, 0.5) is 4.39 Å². The van der Waals surface area contributed by atoms with Crippen molar-refractivity contribution in [1.82, 2.24) is 4.98 Å². The molecule has 32 heavy (non-hydrogen) atoms. The summed E-state index contributed by atoms with van der Waals surface area (Å²) >= 11 is 0. The van der Waals surface area contributed by atoms with Crippen LogP contribution in [0.2, 0.25) is 0 Å². The minimum Gasteiger partial charge on any atom is -0.385 e. The molecular formula is C29H38FNO. The van der Waals surface area contributed by atoms with Gasteiger partial charge in [-0.3, -0.25) is 4.98 Å². The molecule has 0 saturated carbocycles. The molecule has 1 unspecified atom stereocenters. The van der Waals surface area contributed by atoms with E-state index in [0.29, 0.717) is 11.8 Å². The molecule has 3 rings (SSSR count). The topological polar surface area (TPSA) is 33.1 Å². The average molecular weight is 436 g/mol. The number of hydrogen-bond donors (Lipinski definition) is 1. The van der Waals surface area contributed by atoms with Crippen LogP contribution in [0, 0.1) is 23.6 Å². The summed E-state index contributed by atoms with van der Waals surface area (Å²) in [6, 6.07) is 9.09. The van der Waals surface area contributed by atoms with Crippen molar-refractivity contribution in [2.24, 2.45) is 10.8 Å². The van der Waals surface area contributed by atoms with Gasteiger partial charge in [-0.15, -0.1) is 0 Å².